The maximum Gasteiger partial charge on any atom is 0.220 e. The summed E-state index contributed by atoms with van der Waals surface area (Å²) >= 11 is 0. The molecule has 130 valence electrons. The van der Waals surface area contributed by atoms with Crippen molar-refractivity contribution in [1.29, 1.82) is 0 Å². The number of hydrogen-bond donors (Lipinski definition) is 1. The summed E-state index contributed by atoms with van der Waals surface area (Å²) in [5.74, 6) is -1.84. The van der Waals surface area contributed by atoms with Crippen LogP contribution >= 0.6 is 0 Å². The molecule has 1 aromatic carbocycles. The number of sulfone groups is 1. The van der Waals surface area contributed by atoms with Gasteiger partial charge < -0.3 is 5.32 Å². The summed E-state index contributed by atoms with van der Waals surface area (Å²) in [5.41, 5.74) is -0.291. The van der Waals surface area contributed by atoms with Gasteiger partial charge in [-0.1, -0.05) is 26.8 Å². The van der Waals surface area contributed by atoms with E-state index in [4.69, 9.17) is 0 Å². The van der Waals surface area contributed by atoms with Gasteiger partial charge in [-0.25, -0.2) is 17.2 Å². The van der Waals surface area contributed by atoms with Crippen LogP contribution in [0.2, 0.25) is 0 Å². The highest BCUT2D eigenvalue weighted by molar-refractivity contribution is 7.90. The van der Waals surface area contributed by atoms with Crippen LogP contribution in [0.1, 0.15) is 45.2 Å². The third kappa shape index (κ3) is 6.64. The van der Waals surface area contributed by atoms with Gasteiger partial charge >= 0.3 is 0 Å². The monoisotopic (exact) mass is 347 g/mol. The van der Waals surface area contributed by atoms with Crippen LogP contribution in [0.4, 0.5) is 8.78 Å². The molecule has 0 heterocycles. The summed E-state index contributed by atoms with van der Waals surface area (Å²) < 4.78 is 49.2. The predicted octanol–water partition coefficient (Wildman–Crippen LogP) is 2.99. The Labute approximate surface area is 136 Å². The quantitative estimate of drug-likeness (QED) is 0.860. The minimum Gasteiger partial charge on any atom is -0.349 e. The first kappa shape index (κ1) is 19.5. The average Bonchev–Trinajstić information content (AvgIpc) is 2.34. The Bertz CT molecular complexity index is 666. The highest BCUT2D eigenvalue weighted by atomic mass is 32.2. The van der Waals surface area contributed by atoms with E-state index in [0.717, 1.165) is 18.4 Å². The van der Waals surface area contributed by atoms with E-state index in [1.54, 1.807) is 0 Å². The van der Waals surface area contributed by atoms with Crippen LogP contribution in [0.3, 0.4) is 0 Å². The summed E-state index contributed by atoms with van der Waals surface area (Å²) in [4.78, 5) is 12.0. The lowest BCUT2D eigenvalue weighted by molar-refractivity contribution is -0.122. The molecule has 1 amide bonds. The molecule has 0 saturated heterocycles. The minimum atomic E-state index is -3.12. The number of halogens is 2. The molecule has 0 aliphatic rings. The second-order valence-electron chi connectivity index (χ2n) is 6.77. The summed E-state index contributed by atoms with van der Waals surface area (Å²) in [5, 5.41) is 2.72. The second kappa shape index (κ2) is 7.38. The van der Waals surface area contributed by atoms with Crippen LogP contribution in [-0.4, -0.2) is 26.3 Å². The largest absolute Gasteiger partial charge is 0.349 e. The van der Waals surface area contributed by atoms with Crippen LogP contribution in [-0.2, 0) is 14.6 Å². The van der Waals surface area contributed by atoms with Crippen LogP contribution in [0, 0.1) is 17.0 Å². The highest BCUT2D eigenvalue weighted by Gasteiger charge is 2.30. The predicted molar refractivity (Wildman–Crippen MR) is 85.6 cm³/mol. The van der Waals surface area contributed by atoms with Gasteiger partial charge in [0.25, 0.3) is 0 Å². The van der Waals surface area contributed by atoms with E-state index in [9.17, 15) is 22.0 Å². The molecule has 0 saturated carbocycles. The first-order valence-corrected chi connectivity index (χ1v) is 9.38. The molecule has 1 atom stereocenters. The molecule has 0 bridgehead atoms. The van der Waals surface area contributed by atoms with E-state index in [0.29, 0.717) is 0 Å². The van der Waals surface area contributed by atoms with Gasteiger partial charge in [-0.3, -0.25) is 4.79 Å². The van der Waals surface area contributed by atoms with Gasteiger partial charge in [-0.2, -0.15) is 0 Å². The Hall–Kier alpha value is -1.50. The van der Waals surface area contributed by atoms with Gasteiger partial charge in [-0.15, -0.1) is 0 Å². The number of benzene rings is 1. The third-order valence-corrected chi connectivity index (χ3v) is 4.39. The van der Waals surface area contributed by atoms with Crippen molar-refractivity contribution >= 4 is 15.7 Å². The molecule has 0 aromatic heterocycles. The maximum absolute atomic E-state index is 14.0. The topological polar surface area (TPSA) is 63.2 Å². The SMILES string of the molecule is CC(C)(C)[C@H](NC(=O)CCCS(C)(=O)=O)c1ccc(F)cc1F. The molecule has 0 unspecified atom stereocenters. The number of hydrogen-bond acceptors (Lipinski definition) is 3. The van der Waals surface area contributed by atoms with Crippen LogP contribution < -0.4 is 5.32 Å². The lowest BCUT2D eigenvalue weighted by atomic mass is 9.82. The average molecular weight is 347 g/mol. The summed E-state index contributed by atoms with van der Waals surface area (Å²) in [6, 6.07) is 2.60. The summed E-state index contributed by atoms with van der Waals surface area (Å²) in [6.07, 6.45) is 1.34. The fourth-order valence-corrected chi connectivity index (χ4v) is 2.89. The molecule has 0 spiro atoms. The smallest absolute Gasteiger partial charge is 0.220 e. The zero-order valence-corrected chi connectivity index (χ0v) is 14.6. The molecule has 1 rings (SSSR count). The highest BCUT2D eigenvalue weighted by Crippen LogP contribution is 2.34. The molecule has 0 aliphatic carbocycles. The molecule has 0 fully saturated rings. The van der Waals surface area contributed by atoms with E-state index in [-0.39, 0.29) is 30.1 Å². The van der Waals surface area contributed by atoms with Crippen molar-refractivity contribution < 1.29 is 22.0 Å². The van der Waals surface area contributed by atoms with Gasteiger partial charge in [0.2, 0.25) is 5.91 Å². The molecular formula is C16H23F2NO3S. The van der Waals surface area contributed by atoms with Crippen molar-refractivity contribution in [2.24, 2.45) is 5.41 Å². The van der Waals surface area contributed by atoms with Crippen LogP contribution in [0.5, 0.6) is 0 Å². The number of carbonyl (C=O) groups excluding carboxylic acids is 1. The zero-order chi connectivity index (χ0) is 17.8. The van der Waals surface area contributed by atoms with Crippen molar-refractivity contribution in [1.82, 2.24) is 5.32 Å². The summed E-state index contributed by atoms with van der Waals surface area (Å²) in [6.45, 7) is 5.49. The van der Waals surface area contributed by atoms with Gasteiger partial charge in [0, 0.05) is 24.3 Å². The van der Waals surface area contributed by atoms with Gasteiger partial charge in [0.1, 0.15) is 21.5 Å². The summed E-state index contributed by atoms with van der Waals surface area (Å²) in [7, 11) is -3.12. The Morgan fingerprint density at radius 3 is 2.35 bits per heavy atom. The van der Waals surface area contributed by atoms with Crippen molar-refractivity contribution in [2.45, 2.75) is 39.7 Å². The van der Waals surface area contributed by atoms with E-state index in [2.05, 4.69) is 5.32 Å². The first-order chi connectivity index (χ1) is 10.4. The van der Waals surface area contributed by atoms with Crippen LogP contribution in [0.25, 0.3) is 0 Å². The molecule has 0 aliphatic heterocycles. The number of amides is 1. The Balaban J connectivity index is 2.86. The molecule has 0 radical (unpaired) electrons. The standard InChI is InChI=1S/C16H23F2NO3S/c1-16(2,3)15(12-8-7-11(17)10-13(12)18)19-14(20)6-5-9-23(4,21)22/h7-8,10,15H,5-6,9H2,1-4H3,(H,19,20)/t15-/m1/s1. The van der Waals surface area contributed by atoms with E-state index < -0.39 is 32.9 Å². The fourth-order valence-electron chi connectivity index (χ4n) is 2.22. The van der Waals surface area contributed by atoms with Crippen molar-refractivity contribution in [3.05, 3.63) is 35.4 Å². The molecule has 7 heteroatoms. The molecular weight excluding hydrogens is 324 g/mol. The van der Waals surface area contributed by atoms with E-state index in [1.807, 2.05) is 20.8 Å². The van der Waals surface area contributed by atoms with Crippen molar-refractivity contribution in [3.63, 3.8) is 0 Å². The van der Waals surface area contributed by atoms with Crippen LogP contribution in [0.15, 0.2) is 18.2 Å². The van der Waals surface area contributed by atoms with E-state index >= 15 is 0 Å². The molecule has 1 N–H and O–H groups in total. The third-order valence-electron chi connectivity index (χ3n) is 3.36. The lowest BCUT2D eigenvalue weighted by Gasteiger charge is -2.32. The first-order valence-electron chi connectivity index (χ1n) is 7.32. The minimum absolute atomic E-state index is 0.0302. The van der Waals surface area contributed by atoms with Gasteiger partial charge in [0.05, 0.1) is 11.8 Å². The molecule has 23 heavy (non-hydrogen) atoms. The Morgan fingerprint density at radius 1 is 1.26 bits per heavy atom. The van der Waals surface area contributed by atoms with Crippen molar-refractivity contribution in [2.75, 3.05) is 12.0 Å². The number of carbonyl (C=O) groups is 1. The Kier molecular flexibility index (Phi) is 6.27. The maximum atomic E-state index is 14.0. The molecule has 1 aromatic rings. The fraction of sp³-hybridized carbons (Fsp3) is 0.562. The van der Waals surface area contributed by atoms with Gasteiger partial charge in [0.15, 0.2) is 0 Å². The normalized spacial score (nSPS) is 13.7. The molecule has 4 nitrogen and oxygen atoms in total. The zero-order valence-electron chi connectivity index (χ0n) is 13.8. The number of nitrogens with one attached hydrogen (secondary N) is 1. The lowest BCUT2D eigenvalue weighted by Crippen LogP contribution is -2.37. The van der Waals surface area contributed by atoms with Crippen molar-refractivity contribution in [3.8, 4) is 0 Å². The second-order valence-corrected chi connectivity index (χ2v) is 9.03. The Morgan fingerprint density at radius 2 is 1.87 bits per heavy atom. The van der Waals surface area contributed by atoms with E-state index in [1.165, 1.54) is 6.07 Å². The van der Waals surface area contributed by atoms with Gasteiger partial charge in [-0.05, 0) is 17.9 Å². The number of rotatable bonds is 6.